The largest absolute Gasteiger partial charge is 0.497 e. The number of ether oxygens (including phenoxy) is 2. The molecular weight excluding hydrogens is 260 g/mol. The van der Waals surface area contributed by atoms with E-state index in [4.69, 9.17) is 14.6 Å². The lowest BCUT2D eigenvalue weighted by Crippen LogP contribution is -2.26. The number of carboxylic acid groups (broad SMARTS) is 1. The maximum atomic E-state index is 11.5. The number of esters is 1. The van der Waals surface area contributed by atoms with E-state index in [2.05, 4.69) is 0 Å². The van der Waals surface area contributed by atoms with Crippen LogP contribution in [0, 0.1) is 5.92 Å². The molecule has 0 unspecified atom stereocenters. The fourth-order valence-electron chi connectivity index (χ4n) is 1.89. The lowest BCUT2D eigenvalue weighted by atomic mass is 9.99. The Balaban J connectivity index is 2.47. The molecule has 0 spiro atoms. The number of methoxy groups -OCH3 is 1. The molecule has 5 nitrogen and oxygen atoms in total. The second-order valence-electron chi connectivity index (χ2n) is 4.38. The molecule has 110 valence electrons. The summed E-state index contributed by atoms with van der Waals surface area (Å²) in [5.41, 5.74) is 1.08. The lowest BCUT2D eigenvalue weighted by molar-refractivity contribution is -0.158. The highest BCUT2D eigenvalue weighted by atomic mass is 16.5. The van der Waals surface area contributed by atoms with Crippen LogP contribution in [0.1, 0.15) is 25.3 Å². The first-order valence-electron chi connectivity index (χ1n) is 6.60. The molecule has 0 fully saturated rings. The molecule has 1 aromatic rings. The molecule has 0 saturated heterocycles. The summed E-state index contributed by atoms with van der Waals surface area (Å²) in [6.45, 7) is 1.86. The van der Waals surface area contributed by atoms with Gasteiger partial charge in [0.2, 0.25) is 0 Å². The highest BCUT2D eigenvalue weighted by Crippen LogP contribution is 2.16. The molecule has 0 aromatic heterocycles. The van der Waals surface area contributed by atoms with Crippen molar-refractivity contribution in [3.63, 3.8) is 0 Å². The van der Waals surface area contributed by atoms with Crippen LogP contribution in [0.25, 0.3) is 0 Å². The van der Waals surface area contributed by atoms with Gasteiger partial charge in [0, 0.05) is 0 Å². The van der Waals surface area contributed by atoms with Gasteiger partial charge in [0.25, 0.3) is 0 Å². The average molecular weight is 280 g/mol. The van der Waals surface area contributed by atoms with Crippen LogP contribution in [0.5, 0.6) is 5.75 Å². The Labute approximate surface area is 118 Å². The molecule has 0 radical (unpaired) electrons. The monoisotopic (exact) mass is 280 g/mol. The molecule has 0 heterocycles. The third kappa shape index (κ3) is 4.91. The Kier molecular flexibility index (Phi) is 6.56. The van der Waals surface area contributed by atoms with E-state index in [1.54, 1.807) is 14.0 Å². The Hall–Kier alpha value is -2.04. The third-order valence-electron chi connectivity index (χ3n) is 2.99. The molecule has 0 aliphatic carbocycles. The molecule has 1 atom stereocenters. The number of carboxylic acids is 1. The van der Waals surface area contributed by atoms with E-state index in [1.807, 2.05) is 24.3 Å². The van der Waals surface area contributed by atoms with Gasteiger partial charge in [0.15, 0.2) is 5.92 Å². The number of benzene rings is 1. The molecular formula is C15H20O5. The van der Waals surface area contributed by atoms with Crippen molar-refractivity contribution in [3.05, 3.63) is 29.8 Å². The van der Waals surface area contributed by atoms with E-state index in [-0.39, 0.29) is 13.0 Å². The van der Waals surface area contributed by atoms with E-state index in [9.17, 15) is 9.59 Å². The number of carbonyl (C=O) groups excluding carboxylic acids is 1. The molecule has 0 amide bonds. The van der Waals surface area contributed by atoms with Crippen molar-refractivity contribution in [1.82, 2.24) is 0 Å². The van der Waals surface area contributed by atoms with E-state index in [0.717, 1.165) is 11.3 Å². The van der Waals surface area contributed by atoms with Gasteiger partial charge >= 0.3 is 11.9 Å². The fraction of sp³-hybridized carbons (Fsp3) is 0.467. The van der Waals surface area contributed by atoms with Gasteiger partial charge in [-0.25, -0.2) is 0 Å². The van der Waals surface area contributed by atoms with Crippen LogP contribution in [0.4, 0.5) is 0 Å². The van der Waals surface area contributed by atoms with Crippen molar-refractivity contribution in [2.45, 2.75) is 26.2 Å². The highest BCUT2D eigenvalue weighted by molar-refractivity contribution is 5.93. The Morgan fingerprint density at radius 3 is 2.40 bits per heavy atom. The maximum Gasteiger partial charge on any atom is 0.320 e. The van der Waals surface area contributed by atoms with Gasteiger partial charge in [-0.2, -0.15) is 0 Å². The van der Waals surface area contributed by atoms with Gasteiger partial charge in [0.05, 0.1) is 13.7 Å². The van der Waals surface area contributed by atoms with Crippen molar-refractivity contribution in [2.24, 2.45) is 5.92 Å². The zero-order valence-electron chi connectivity index (χ0n) is 11.8. The molecule has 0 aliphatic heterocycles. The first-order valence-corrected chi connectivity index (χ1v) is 6.60. The van der Waals surface area contributed by atoms with Gasteiger partial charge in [-0.3, -0.25) is 9.59 Å². The van der Waals surface area contributed by atoms with Crippen LogP contribution in [0.15, 0.2) is 24.3 Å². The topological polar surface area (TPSA) is 72.8 Å². The molecule has 1 N–H and O–H groups in total. The highest BCUT2D eigenvalue weighted by Gasteiger charge is 2.26. The average Bonchev–Trinajstić information content (AvgIpc) is 2.44. The Morgan fingerprint density at radius 2 is 1.90 bits per heavy atom. The molecule has 0 bridgehead atoms. The van der Waals surface area contributed by atoms with E-state index in [0.29, 0.717) is 12.8 Å². The normalized spacial score (nSPS) is 11.7. The number of rotatable bonds is 8. The van der Waals surface area contributed by atoms with E-state index < -0.39 is 17.9 Å². The second-order valence-corrected chi connectivity index (χ2v) is 4.38. The third-order valence-corrected chi connectivity index (χ3v) is 2.99. The molecule has 0 saturated carbocycles. The summed E-state index contributed by atoms with van der Waals surface area (Å²) in [6, 6.07) is 7.57. The summed E-state index contributed by atoms with van der Waals surface area (Å²) in [7, 11) is 1.60. The maximum absolute atomic E-state index is 11.5. The van der Waals surface area contributed by atoms with Crippen LogP contribution in [-0.4, -0.2) is 30.8 Å². The van der Waals surface area contributed by atoms with Crippen LogP contribution in [0.3, 0.4) is 0 Å². The second kappa shape index (κ2) is 8.19. The van der Waals surface area contributed by atoms with Crippen LogP contribution in [-0.2, 0) is 20.7 Å². The predicted molar refractivity (Wildman–Crippen MR) is 73.7 cm³/mol. The summed E-state index contributed by atoms with van der Waals surface area (Å²) in [5, 5.41) is 9.02. The Bertz CT molecular complexity index is 438. The summed E-state index contributed by atoms with van der Waals surface area (Å²) >= 11 is 0. The van der Waals surface area contributed by atoms with Crippen molar-refractivity contribution < 1.29 is 24.2 Å². The number of hydrogen-bond acceptors (Lipinski definition) is 4. The zero-order chi connectivity index (χ0) is 15.0. The number of aryl methyl sites for hydroxylation is 1. The van der Waals surface area contributed by atoms with Crippen molar-refractivity contribution >= 4 is 11.9 Å². The Morgan fingerprint density at radius 1 is 1.25 bits per heavy atom. The number of aliphatic carboxylic acids is 1. The van der Waals surface area contributed by atoms with Gasteiger partial charge in [-0.1, -0.05) is 12.1 Å². The van der Waals surface area contributed by atoms with Gasteiger partial charge in [0.1, 0.15) is 5.75 Å². The van der Waals surface area contributed by atoms with Crippen molar-refractivity contribution in [3.8, 4) is 5.75 Å². The van der Waals surface area contributed by atoms with Crippen molar-refractivity contribution in [1.29, 1.82) is 0 Å². The zero-order valence-corrected chi connectivity index (χ0v) is 11.8. The first-order chi connectivity index (χ1) is 9.58. The minimum atomic E-state index is -1.13. The van der Waals surface area contributed by atoms with Crippen LogP contribution in [0.2, 0.25) is 0 Å². The van der Waals surface area contributed by atoms with Crippen LogP contribution >= 0.6 is 0 Å². The lowest BCUT2D eigenvalue weighted by Gasteiger charge is -2.11. The summed E-state index contributed by atoms with van der Waals surface area (Å²) in [5.74, 6) is -2.08. The first kappa shape index (κ1) is 16.0. The SMILES string of the molecule is CCOC(=O)[C@@H](CCCc1ccc(OC)cc1)C(=O)O. The van der Waals surface area contributed by atoms with Gasteiger partial charge < -0.3 is 14.6 Å². The minimum Gasteiger partial charge on any atom is -0.497 e. The molecule has 5 heteroatoms. The number of carbonyl (C=O) groups is 2. The molecule has 0 aliphatic rings. The number of hydrogen-bond donors (Lipinski definition) is 1. The summed E-state index contributed by atoms with van der Waals surface area (Å²) in [4.78, 5) is 22.5. The van der Waals surface area contributed by atoms with E-state index >= 15 is 0 Å². The van der Waals surface area contributed by atoms with Crippen LogP contribution < -0.4 is 4.74 Å². The summed E-state index contributed by atoms with van der Waals surface area (Å²) in [6.07, 6.45) is 1.61. The van der Waals surface area contributed by atoms with Crippen molar-refractivity contribution in [2.75, 3.05) is 13.7 Å². The molecule has 1 rings (SSSR count). The predicted octanol–water partition coefficient (Wildman–Crippen LogP) is 2.28. The summed E-state index contributed by atoms with van der Waals surface area (Å²) < 4.78 is 9.82. The fourth-order valence-corrected chi connectivity index (χ4v) is 1.89. The smallest absolute Gasteiger partial charge is 0.320 e. The van der Waals surface area contributed by atoms with E-state index in [1.165, 1.54) is 0 Å². The molecule has 20 heavy (non-hydrogen) atoms. The van der Waals surface area contributed by atoms with Gasteiger partial charge in [-0.05, 0) is 43.9 Å². The molecule has 1 aromatic carbocycles. The standard InChI is InChI=1S/C15H20O5/c1-3-20-15(18)13(14(16)17)6-4-5-11-7-9-12(19-2)10-8-11/h7-10,13H,3-6H2,1-2H3,(H,16,17)/t13-/m0/s1. The minimum absolute atomic E-state index is 0.196. The van der Waals surface area contributed by atoms with Gasteiger partial charge in [-0.15, -0.1) is 0 Å². The quantitative estimate of drug-likeness (QED) is 0.584.